The Morgan fingerprint density at radius 3 is 2.48 bits per heavy atom. The van der Waals surface area contributed by atoms with Gasteiger partial charge in [0, 0.05) is 15.8 Å². The Balaban J connectivity index is 1.90. The summed E-state index contributed by atoms with van der Waals surface area (Å²) >= 11 is 2.88. The number of thiophene rings is 2. The van der Waals surface area contributed by atoms with Crippen molar-refractivity contribution in [1.82, 2.24) is 0 Å². The van der Waals surface area contributed by atoms with Crippen LogP contribution in [-0.4, -0.2) is 18.5 Å². The molecule has 1 N–H and O–H groups in total. The van der Waals surface area contributed by atoms with Crippen LogP contribution in [0.5, 0.6) is 0 Å². The quantitative estimate of drug-likeness (QED) is 0.542. The highest BCUT2D eigenvalue weighted by atomic mass is 32.1. The number of carbonyl (C=O) groups is 2. The molecule has 3 rings (SSSR count). The van der Waals surface area contributed by atoms with Crippen LogP contribution in [0.2, 0.25) is 0 Å². The second-order valence-electron chi connectivity index (χ2n) is 5.93. The number of carbonyl (C=O) groups excluding carboxylic acids is 2. The first kappa shape index (κ1) is 19.3. The lowest BCUT2D eigenvalue weighted by atomic mass is 10.0. The zero-order chi connectivity index (χ0) is 19.2. The molecule has 0 radical (unpaired) electrons. The maximum Gasteiger partial charge on any atom is 0.341 e. The SMILES string of the molecule is CCOC(=O)c1c(-c2ccc(CC)cc2)csc1NC(=O)Cc1cccs1. The zero-order valence-electron chi connectivity index (χ0n) is 15.3. The third kappa shape index (κ3) is 4.64. The number of rotatable bonds is 7. The van der Waals surface area contributed by atoms with Crippen LogP contribution >= 0.6 is 22.7 Å². The number of hydrogen-bond acceptors (Lipinski definition) is 5. The summed E-state index contributed by atoms with van der Waals surface area (Å²) in [5, 5.41) is 7.26. The zero-order valence-corrected chi connectivity index (χ0v) is 16.9. The van der Waals surface area contributed by atoms with Crippen molar-refractivity contribution in [3.63, 3.8) is 0 Å². The fourth-order valence-electron chi connectivity index (χ4n) is 2.73. The molecule has 2 aromatic heterocycles. The summed E-state index contributed by atoms with van der Waals surface area (Å²) in [6, 6.07) is 11.9. The molecule has 0 aliphatic heterocycles. The topological polar surface area (TPSA) is 55.4 Å². The summed E-state index contributed by atoms with van der Waals surface area (Å²) < 4.78 is 5.24. The third-order valence-corrected chi connectivity index (χ3v) is 5.88. The average molecular weight is 400 g/mol. The Kier molecular flexibility index (Phi) is 6.42. The molecule has 3 aromatic rings. The number of nitrogens with one attached hydrogen (secondary N) is 1. The highest BCUT2D eigenvalue weighted by Gasteiger charge is 2.23. The van der Waals surface area contributed by atoms with Crippen LogP contribution in [0.1, 0.15) is 34.6 Å². The lowest BCUT2D eigenvalue weighted by Crippen LogP contribution is -2.16. The van der Waals surface area contributed by atoms with Crippen LogP contribution in [0.3, 0.4) is 0 Å². The molecule has 0 saturated heterocycles. The molecule has 0 saturated carbocycles. The number of anilines is 1. The minimum Gasteiger partial charge on any atom is -0.462 e. The lowest BCUT2D eigenvalue weighted by Gasteiger charge is -2.09. The molecule has 140 valence electrons. The predicted molar refractivity (Wildman–Crippen MR) is 112 cm³/mol. The van der Waals surface area contributed by atoms with E-state index < -0.39 is 5.97 Å². The molecule has 6 heteroatoms. The minimum absolute atomic E-state index is 0.141. The number of ether oxygens (including phenoxy) is 1. The molecule has 0 fully saturated rings. The van der Waals surface area contributed by atoms with Gasteiger partial charge in [-0.15, -0.1) is 22.7 Å². The van der Waals surface area contributed by atoms with Crippen LogP contribution in [0.15, 0.2) is 47.2 Å². The Labute approximate surface area is 166 Å². The maximum atomic E-state index is 12.6. The van der Waals surface area contributed by atoms with Gasteiger partial charge in [0.15, 0.2) is 0 Å². The van der Waals surface area contributed by atoms with Crippen LogP contribution in [-0.2, 0) is 22.4 Å². The summed E-state index contributed by atoms with van der Waals surface area (Å²) in [5.41, 5.74) is 3.37. The van der Waals surface area contributed by atoms with Crippen molar-refractivity contribution >= 4 is 39.6 Å². The van der Waals surface area contributed by atoms with E-state index >= 15 is 0 Å². The van der Waals surface area contributed by atoms with E-state index in [1.165, 1.54) is 28.2 Å². The highest BCUT2D eigenvalue weighted by molar-refractivity contribution is 7.15. The number of aryl methyl sites for hydroxylation is 1. The van der Waals surface area contributed by atoms with Gasteiger partial charge < -0.3 is 10.1 Å². The summed E-state index contributed by atoms with van der Waals surface area (Å²) in [6.45, 7) is 4.16. The minimum atomic E-state index is -0.417. The molecule has 0 aliphatic carbocycles. The lowest BCUT2D eigenvalue weighted by molar-refractivity contribution is -0.115. The van der Waals surface area contributed by atoms with Crippen molar-refractivity contribution in [2.45, 2.75) is 26.7 Å². The molecule has 0 bridgehead atoms. The van der Waals surface area contributed by atoms with Crippen molar-refractivity contribution < 1.29 is 14.3 Å². The van der Waals surface area contributed by atoms with E-state index in [0.29, 0.717) is 17.0 Å². The summed E-state index contributed by atoms with van der Waals surface area (Å²) in [4.78, 5) is 26.0. The fourth-order valence-corrected chi connectivity index (χ4v) is 4.41. The standard InChI is InChI=1S/C21H21NO3S2/c1-3-14-7-9-15(10-8-14)17-13-27-20(19(17)21(24)25-4-2)22-18(23)12-16-6-5-11-26-16/h5-11,13H,3-4,12H2,1-2H3,(H,22,23). The van der Waals surface area contributed by atoms with Gasteiger partial charge in [0.25, 0.3) is 0 Å². The van der Waals surface area contributed by atoms with E-state index in [1.54, 1.807) is 6.92 Å². The van der Waals surface area contributed by atoms with Gasteiger partial charge in [0.2, 0.25) is 5.91 Å². The van der Waals surface area contributed by atoms with E-state index in [2.05, 4.69) is 24.4 Å². The van der Waals surface area contributed by atoms with Gasteiger partial charge in [-0.2, -0.15) is 0 Å². The van der Waals surface area contributed by atoms with E-state index in [0.717, 1.165) is 22.4 Å². The van der Waals surface area contributed by atoms with Gasteiger partial charge in [-0.1, -0.05) is 37.3 Å². The van der Waals surface area contributed by atoms with Gasteiger partial charge >= 0.3 is 5.97 Å². The van der Waals surface area contributed by atoms with Gasteiger partial charge in [0.1, 0.15) is 10.6 Å². The predicted octanol–water partition coefficient (Wildman–Crippen LogP) is 5.40. The van der Waals surface area contributed by atoms with Crippen molar-refractivity contribution in [3.05, 3.63) is 63.2 Å². The van der Waals surface area contributed by atoms with Crippen LogP contribution in [0.25, 0.3) is 11.1 Å². The van der Waals surface area contributed by atoms with Gasteiger partial charge in [-0.05, 0) is 35.9 Å². The molecule has 0 aliphatic rings. The maximum absolute atomic E-state index is 12.6. The van der Waals surface area contributed by atoms with E-state index in [1.807, 2.05) is 35.0 Å². The largest absolute Gasteiger partial charge is 0.462 e. The molecule has 27 heavy (non-hydrogen) atoms. The van der Waals surface area contributed by atoms with E-state index in [4.69, 9.17) is 4.74 Å². The van der Waals surface area contributed by atoms with Crippen LogP contribution < -0.4 is 5.32 Å². The highest BCUT2D eigenvalue weighted by Crippen LogP contribution is 2.36. The van der Waals surface area contributed by atoms with E-state index in [-0.39, 0.29) is 12.5 Å². The van der Waals surface area contributed by atoms with Crippen LogP contribution in [0, 0.1) is 0 Å². The molecule has 0 spiro atoms. The summed E-state index contributed by atoms with van der Waals surface area (Å²) in [7, 11) is 0. The Morgan fingerprint density at radius 1 is 1.07 bits per heavy atom. The Hall–Kier alpha value is -2.44. The molecule has 4 nitrogen and oxygen atoms in total. The third-order valence-electron chi connectivity index (χ3n) is 4.11. The molecule has 1 amide bonds. The molecule has 0 unspecified atom stereocenters. The van der Waals surface area contributed by atoms with Crippen molar-refractivity contribution in [1.29, 1.82) is 0 Å². The molecule has 1 aromatic carbocycles. The Bertz CT molecular complexity index is 912. The van der Waals surface area contributed by atoms with Gasteiger partial charge in [-0.25, -0.2) is 4.79 Å². The number of hydrogen-bond donors (Lipinski definition) is 1. The van der Waals surface area contributed by atoms with Gasteiger partial charge in [-0.3, -0.25) is 4.79 Å². The second-order valence-corrected chi connectivity index (χ2v) is 7.84. The fraction of sp³-hybridized carbons (Fsp3) is 0.238. The average Bonchev–Trinajstić information content (AvgIpc) is 3.32. The molecule has 2 heterocycles. The number of benzene rings is 1. The van der Waals surface area contributed by atoms with E-state index in [9.17, 15) is 9.59 Å². The first-order chi connectivity index (χ1) is 13.1. The summed E-state index contributed by atoms with van der Waals surface area (Å²) in [5.74, 6) is -0.558. The van der Waals surface area contributed by atoms with Gasteiger partial charge in [0.05, 0.1) is 13.0 Å². The monoisotopic (exact) mass is 399 g/mol. The molecule has 0 atom stereocenters. The smallest absolute Gasteiger partial charge is 0.341 e. The van der Waals surface area contributed by atoms with Crippen molar-refractivity contribution in [2.24, 2.45) is 0 Å². The second kappa shape index (κ2) is 8.97. The number of amides is 1. The summed E-state index contributed by atoms with van der Waals surface area (Å²) in [6.07, 6.45) is 1.25. The van der Waals surface area contributed by atoms with Crippen molar-refractivity contribution in [2.75, 3.05) is 11.9 Å². The Morgan fingerprint density at radius 2 is 1.85 bits per heavy atom. The first-order valence-electron chi connectivity index (χ1n) is 8.82. The first-order valence-corrected chi connectivity index (χ1v) is 10.6. The molecular weight excluding hydrogens is 378 g/mol. The number of esters is 1. The van der Waals surface area contributed by atoms with Crippen molar-refractivity contribution in [3.8, 4) is 11.1 Å². The van der Waals surface area contributed by atoms with Crippen LogP contribution in [0.4, 0.5) is 5.00 Å². The molecular formula is C21H21NO3S2. The normalized spacial score (nSPS) is 10.6.